The predicted octanol–water partition coefficient (Wildman–Crippen LogP) is 4.90. The molecule has 0 saturated carbocycles. The molecule has 3 aromatic rings. The van der Waals surface area contributed by atoms with Crippen molar-refractivity contribution in [3.8, 4) is 0 Å². The monoisotopic (exact) mass is 470 g/mol. The molecule has 2 N–H and O–H groups in total. The van der Waals surface area contributed by atoms with Crippen LogP contribution in [0.25, 0.3) is 0 Å². The van der Waals surface area contributed by atoms with Crippen LogP contribution in [0.15, 0.2) is 76.5 Å². The Morgan fingerprint density at radius 2 is 1.31 bits per heavy atom. The average Bonchev–Trinajstić information content (AvgIpc) is 2.65. The number of nitrogens with one attached hydrogen (secondary N) is 2. The fraction of sp³-hybridized carbons (Fsp3) is 0.0526. The number of hydrogen-bond acceptors (Lipinski definition) is 4. The first-order valence-corrected chi connectivity index (χ1v) is 12.0. The lowest BCUT2D eigenvalue weighted by Gasteiger charge is -2.14. The Kier molecular flexibility index (Phi) is 6.09. The highest BCUT2D eigenvalue weighted by molar-refractivity contribution is 7.93. The number of halogens is 2. The maximum Gasteiger partial charge on any atom is 0.261 e. The van der Waals surface area contributed by atoms with Gasteiger partial charge in [-0.1, -0.05) is 35.3 Å². The highest BCUT2D eigenvalue weighted by Gasteiger charge is 2.19. The van der Waals surface area contributed by atoms with Crippen molar-refractivity contribution in [2.24, 2.45) is 0 Å². The number of rotatable bonds is 6. The van der Waals surface area contributed by atoms with Crippen molar-refractivity contribution in [3.05, 3.63) is 82.3 Å². The summed E-state index contributed by atoms with van der Waals surface area (Å²) in [7, 11) is -7.89. The van der Waals surface area contributed by atoms with Crippen molar-refractivity contribution in [2.45, 2.75) is 16.7 Å². The molecule has 0 amide bonds. The second kappa shape index (κ2) is 8.23. The molecule has 0 aromatic heterocycles. The van der Waals surface area contributed by atoms with Gasteiger partial charge in [-0.05, 0) is 67.1 Å². The minimum absolute atomic E-state index is 0.0306. The molecule has 0 atom stereocenters. The summed E-state index contributed by atoms with van der Waals surface area (Å²) in [4.78, 5) is -0.126. The van der Waals surface area contributed by atoms with Gasteiger partial charge >= 0.3 is 0 Å². The molecule has 0 unspecified atom stereocenters. The lowest BCUT2D eigenvalue weighted by molar-refractivity contribution is 0.598. The molecule has 29 heavy (non-hydrogen) atoms. The van der Waals surface area contributed by atoms with Gasteiger partial charge in [0.25, 0.3) is 20.0 Å². The standard InChI is InChI=1S/C19H16Cl2N2O4S2/c1-13-5-10-18(28(24,25)22-16-8-6-14(20)7-9-16)12-19(13)23-29(26,27)17-4-2-3-15(21)11-17/h2-12,22-23H,1H3. The van der Waals surface area contributed by atoms with Gasteiger partial charge in [0.05, 0.1) is 15.5 Å². The quantitative estimate of drug-likeness (QED) is 0.535. The van der Waals surface area contributed by atoms with Gasteiger partial charge in [-0.25, -0.2) is 16.8 Å². The van der Waals surface area contributed by atoms with Gasteiger partial charge < -0.3 is 0 Å². The van der Waals surface area contributed by atoms with E-state index >= 15 is 0 Å². The molecule has 0 aliphatic heterocycles. The van der Waals surface area contributed by atoms with Gasteiger partial charge in [-0.2, -0.15) is 0 Å². The van der Waals surface area contributed by atoms with Crippen LogP contribution in [-0.4, -0.2) is 16.8 Å². The van der Waals surface area contributed by atoms with Crippen molar-refractivity contribution in [1.29, 1.82) is 0 Å². The minimum Gasteiger partial charge on any atom is -0.280 e. The van der Waals surface area contributed by atoms with Gasteiger partial charge in [-0.15, -0.1) is 0 Å². The van der Waals surface area contributed by atoms with E-state index in [1.54, 1.807) is 25.1 Å². The van der Waals surface area contributed by atoms with Crippen molar-refractivity contribution in [1.82, 2.24) is 0 Å². The van der Waals surface area contributed by atoms with Crippen LogP contribution >= 0.6 is 23.2 Å². The lowest BCUT2D eigenvalue weighted by atomic mass is 10.2. The van der Waals surface area contributed by atoms with Crippen LogP contribution in [0.3, 0.4) is 0 Å². The number of benzene rings is 3. The zero-order valence-electron chi connectivity index (χ0n) is 15.1. The van der Waals surface area contributed by atoms with E-state index < -0.39 is 20.0 Å². The Morgan fingerprint density at radius 3 is 1.97 bits per heavy atom. The first-order chi connectivity index (χ1) is 13.6. The molecule has 0 spiro atoms. The molecule has 0 bridgehead atoms. The summed E-state index contributed by atoms with van der Waals surface area (Å²) < 4.78 is 55.5. The molecular weight excluding hydrogens is 455 g/mol. The van der Waals surface area contributed by atoms with Crippen molar-refractivity contribution in [2.75, 3.05) is 9.44 Å². The van der Waals surface area contributed by atoms with E-state index in [-0.39, 0.29) is 20.5 Å². The molecular formula is C19H16Cl2N2O4S2. The fourth-order valence-corrected chi connectivity index (χ4v) is 5.08. The predicted molar refractivity (Wildman–Crippen MR) is 116 cm³/mol. The van der Waals surface area contributed by atoms with E-state index in [9.17, 15) is 16.8 Å². The molecule has 0 saturated heterocycles. The van der Waals surface area contributed by atoms with E-state index in [1.165, 1.54) is 48.5 Å². The Morgan fingerprint density at radius 1 is 0.690 bits per heavy atom. The number of aryl methyl sites for hydroxylation is 1. The highest BCUT2D eigenvalue weighted by Crippen LogP contribution is 2.26. The summed E-state index contributed by atoms with van der Waals surface area (Å²) in [6.07, 6.45) is 0. The average molecular weight is 471 g/mol. The number of hydrogen-bond donors (Lipinski definition) is 2. The second-order valence-electron chi connectivity index (χ2n) is 6.15. The van der Waals surface area contributed by atoms with Crippen LogP contribution < -0.4 is 9.44 Å². The van der Waals surface area contributed by atoms with Crippen molar-refractivity contribution in [3.63, 3.8) is 0 Å². The van der Waals surface area contributed by atoms with Crippen LogP contribution in [0, 0.1) is 6.92 Å². The highest BCUT2D eigenvalue weighted by atomic mass is 35.5. The Labute approximate surface area is 179 Å². The second-order valence-corrected chi connectivity index (χ2v) is 10.4. The molecule has 0 aliphatic carbocycles. The smallest absolute Gasteiger partial charge is 0.261 e. The van der Waals surface area contributed by atoms with E-state index in [0.29, 0.717) is 16.3 Å². The third-order valence-electron chi connectivity index (χ3n) is 3.97. The summed E-state index contributed by atoms with van der Waals surface area (Å²) in [6.45, 7) is 1.67. The summed E-state index contributed by atoms with van der Waals surface area (Å²) in [5, 5.41) is 0.745. The van der Waals surface area contributed by atoms with Crippen LogP contribution in [-0.2, 0) is 20.0 Å². The van der Waals surface area contributed by atoms with Gasteiger partial charge in [0.1, 0.15) is 0 Å². The van der Waals surface area contributed by atoms with Crippen LogP contribution in [0.1, 0.15) is 5.56 Å². The molecule has 0 fully saturated rings. The molecule has 0 aliphatic rings. The van der Waals surface area contributed by atoms with Crippen LogP contribution in [0.4, 0.5) is 11.4 Å². The maximum absolute atomic E-state index is 12.7. The first kappa shape index (κ1) is 21.4. The van der Waals surface area contributed by atoms with Crippen LogP contribution in [0.2, 0.25) is 10.0 Å². The Hall–Kier alpha value is -2.26. The van der Waals surface area contributed by atoms with E-state index in [0.717, 1.165) is 0 Å². The lowest BCUT2D eigenvalue weighted by Crippen LogP contribution is -2.16. The van der Waals surface area contributed by atoms with Crippen LogP contribution in [0.5, 0.6) is 0 Å². The number of anilines is 2. The van der Waals surface area contributed by atoms with Gasteiger partial charge in [0.2, 0.25) is 0 Å². The summed E-state index contributed by atoms with van der Waals surface area (Å²) in [5.74, 6) is 0. The summed E-state index contributed by atoms with van der Waals surface area (Å²) in [6, 6.07) is 16.1. The van der Waals surface area contributed by atoms with E-state index in [1.807, 2.05) is 0 Å². The van der Waals surface area contributed by atoms with E-state index in [4.69, 9.17) is 23.2 Å². The topological polar surface area (TPSA) is 92.3 Å². The van der Waals surface area contributed by atoms with Gasteiger partial charge in [-0.3, -0.25) is 9.44 Å². The number of sulfonamides is 2. The minimum atomic E-state index is -3.95. The summed E-state index contributed by atoms with van der Waals surface area (Å²) >= 11 is 11.7. The first-order valence-electron chi connectivity index (χ1n) is 8.24. The van der Waals surface area contributed by atoms with Gasteiger partial charge in [0.15, 0.2) is 0 Å². The zero-order valence-corrected chi connectivity index (χ0v) is 18.2. The molecule has 152 valence electrons. The fourth-order valence-electron chi connectivity index (χ4n) is 2.45. The van der Waals surface area contributed by atoms with E-state index in [2.05, 4.69) is 9.44 Å². The van der Waals surface area contributed by atoms with Gasteiger partial charge in [0, 0.05) is 15.7 Å². The zero-order chi connectivity index (χ0) is 21.2. The SMILES string of the molecule is Cc1ccc(S(=O)(=O)Nc2ccc(Cl)cc2)cc1NS(=O)(=O)c1cccc(Cl)c1. The third-order valence-corrected chi connectivity index (χ3v) is 7.20. The molecule has 3 aromatic carbocycles. The van der Waals surface area contributed by atoms with Crippen molar-refractivity contribution < 1.29 is 16.8 Å². The molecule has 6 nitrogen and oxygen atoms in total. The third kappa shape index (κ3) is 5.22. The molecule has 0 heterocycles. The molecule has 3 rings (SSSR count). The summed E-state index contributed by atoms with van der Waals surface area (Å²) in [5.41, 5.74) is 1.03. The Bertz CT molecular complexity index is 1260. The molecule has 10 heteroatoms. The maximum atomic E-state index is 12.7. The largest absolute Gasteiger partial charge is 0.280 e. The molecule has 0 radical (unpaired) electrons. The normalized spacial score (nSPS) is 11.8. The van der Waals surface area contributed by atoms with Crippen molar-refractivity contribution >= 4 is 54.6 Å². The Balaban J connectivity index is 1.92.